The predicted molar refractivity (Wildman–Crippen MR) is 56.9 cm³/mol. The molecule has 0 radical (unpaired) electrons. The highest BCUT2D eigenvalue weighted by molar-refractivity contribution is 5.73. The molecule has 1 saturated heterocycles. The van der Waals surface area contributed by atoms with E-state index in [0.717, 1.165) is 0 Å². The summed E-state index contributed by atoms with van der Waals surface area (Å²) in [4.78, 5) is 3.99. The Morgan fingerprint density at radius 3 is 2.75 bits per heavy atom. The van der Waals surface area contributed by atoms with Crippen LogP contribution in [0.5, 0.6) is 0 Å². The van der Waals surface area contributed by atoms with Crippen LogP contribution in [0.1, 0.15) is 20.8 Å². The van der Waals surface area contributed by atoms with Crippen LogP contribution in [0, 0.1) is 0 Å². The van der Waals surface area contributed by atoms with Gasteiger partial charge in [0.05, 0.1) is 12.2 Å². The molecule has 2 aliphatic rings. The Labute approximate surface area is 94.4 Å². The topological polar surface area (TPSA) is 86.3 Å². The minimum absolute atomic E-state index is 0.119. The Morgan fingerprint density at radius 2 is 2.19 bits per heavy atom. The van der Waals surface area contributed by atoms with Crippen molar-refractivity contribution < 1.29 is 19.3 Å². The van der Waals surface area contributed by atoms with Crippen molar-refractivity contribution in [1.29, 1.82) is 0 Å². The first-order valence-corrected chi connectivity index (χ1v) is 5.35. The fourth-order valence-corrected chi connectivity index (χ4v) is 1.93. The van der Waals surface area contributed by atoms with E-state index in [9.17, 15) is 5.11 Å². The van der Waals surface area contributed by atoms with E-state index in [1.165, 1.54) is 0 Å². The van der Waals surface area contributed by atoms with Crippen LogP contribution in [0.3, 0.4) is 0 Å². The van der Waals surface area contributed by atoms with Crippen LogP contribution in [0.4, 0.5) is 0 Å². The van der Waals surface area contributed by atoms with Crippen molar-refractivity contribution in [3.05, 3.63) is 0 Å². The Hall–Kier alpha value is -0.850. The third kappa shape index (κ3) is 2.14. The Balaban J connectivity index is 2.10. The largest absolute Gasteiger partial charge is 0.454 e. The summed E-state index contributed by atoms with van der Waals surface area (Å²) in [5, 5.41) is 9.21. The van der Waals surface area contributed by atoms with Gasteiger partial charge in [-0.25, -0.2) is 0 Å². The molecule has 3 N–H and O–H groups in total. The highest BCUT2D eigenvalue weighted by Crippen LogP contribution is 2.32. The first-order valence-electron chi connectivity index (χ1n) is 5.35. The highest BCUT2D eigenvalue weighted by Gasteiger charge is 2.51. The molecule has 4 atom stereocenters. The van der Waals surface area contributed by atoms with Crippen LogP contribution in [-0.4, -0.2) is 47.9 Å². The van der Waals surface area contributed by atoms with Gasteiger partial charge in [0.25, 0.3) is 6.02 Å². The number of rotatable bonds is 2. The van der Waals surface area contributed by atoms with E-state index in [4.69, 9.17) is 19.9 Å². The molecule has 2 heterocycles. The van der Waals surface area contributed by atoms with E-state index in [1.54, 1.807) is 0 Å². The van der Waals surface area contributed by atoms with Gasteiger partial charge in [0.1, 0.15) is 12.2 Å². The molecule has 0 bridgehead atoms. The van der Waals surface area contributed by atoms with E-state index in [1.807, 2.05) is 20.8 Å². The molecular weight excluding hydrogens is 212 g/mol. The molecule has 0 aromatic heterocycles. The predicted octanol–water partition coefficient (Wildman–Crippen LogP) is -0.399. The van der Waals surface area contributed by atoms with Gasteiger partial charge in [0.2, 0.25) is 0 Å². The van der Waals surface area contributed by atoms with Crippen LogP contribution in [-0.2, 0) is 14.2 Å². The molecule has 92 valence electrons. The first-order chi connectivity index (χ1) is 7.40. The van der Waals surface area contributed by atoms with Crippen molar-refractivity contribution >= 4 is 6.02 Å². The van der Waals surface area contributed by atoms with Gasteiger partial charge in [0, 0.05) is 0 Å². The van der Waals surface area contributed by atoms with Crippen LogP contribution >= 0.6 is 0 Å². The van der Waals surface area contributed by atoms with Gasteiger partial charge in [-0.2, -0.15) is 4.99 Å². The zero-order valence-corrected chi connectivity index (χ0v) is 9.71. The van der Waals surface area contributed by atoms with Crippen LogP contribution in [0.15, 0.2) is 4.99 Å². The number of nitrogens with zero attached hydrogens (tertiary/aromatic N) is 1. The smallest absolute Gasteiger partial charge is 0.285 e. The highest BCUT2D eigenvalue weighted by atomic mass is 16.6. The summed E-state index contributed by atoms with van der Waals surface area (Å²) in [5.74, 6) is 0. The molecule has 16 heavy (non-hydrogen) atoms. The van der Waals surface area contributed by atoms with Gasteiger partial charge in [-0.05, 0) is 20.8 Å². The number of aliphatic hydroxyl groups excluding tert-OH is 1. The molecule has 0 amide bonds. The summed E-state index contributed by atoms with van der Waals surface area (Å²) in [6, 6.07) is 0.119. The third-order valence-electron chi connectivity index (χ3n) is 2.47. The maximum absolute atomic E-state index is 9.21. The van der Waals surface area contributed by atoms with Crippen molar-refractivity contribution in [2.75, 3.05) is 6.61 Å². The molecule has 0 aliphatic carbocycles. The quantitative estimate of drug-likeness (QED) is 0.674. The molecule has 6 heteroatoms. The molecule has 2 aliphatic heterocycles. The molecule has 1 fully saturated rings. The molecular formula is C10H18N2O4. The molecule has 6 nitrogen and oxygen atoms in total. The van der Waals surface area contributed by atoms with Crippen LogP contribution < -0.4 is 5.73 Å². The van der Waals surface area contributed by atoms with E-state index >= 15 is 0 Å². The lowest BCUT2D eigenvalue weighted by atomic mass is 10.1. The van der Waals surface area contributed by atoms with Gasteiger partial charge < -0.3 is 25.1 Å². The van der Waals surface area contributed by atoms with Crippen LogP contribution in [0.25, 0.3) is 0 Å². The molecule has 0 aromatic rings. The molecule has 0 saturated carbocycles. The molecule has 1 unspecified atom stereocenters. The lowest BCUT2D eigenvalue weighted by Gasteiger charge is -2.29. The first kappa shape index (κ1) is 11.6. The minimum Gasteiger partial charge on any atom is -0.454 e. The minimum atomic E-state index is -0.454. The maximum Gasteiger partial charge on any atom is 0.285 e. The molecule has 0 spiro atoms. The van der Waals surface area contributed by atoms with Crippen molar-refractivity contribution in [1.82, 2.24) is 0 Å². The third-order valence-corrected chi connectivity index (χ3v) is 2.47. The monoisotopic (exact) mass is 230 g/mol. The summed E-state index contributed by atoms with van der Waals surface area (Å²) in [7, 11) is 0. The number of hydrogen-bond acceptors (Lipinski definition) is 6. The van der Waals surface area contributed by atoms with Gasteiger partial charge in [0.15, 0.2) is 12.3 Å². The summed E-state index contributed by atoms with van der Waals surface area (Å²) < 4.78 is 16.7. The van der Waals surface area contributed by atoms with E-state index < -0.39 is 12.3 Å². The zero-order valence-electron chi connectivity index (χ0n) is 9.71. The Kier molecular flexibility index (Phi) is 2.81. The average molecular weight is 230 g/mol. The normalized spacial score (nSPS) is 38.1. The number of fused-ring (bicyclic) bond motifs is 1. The van der Waals surface area contributed by atoms with Crippen molar-refractivity contribution in [2.24, 2.45) is 10.7 Å². The lowest BCUT2D eigenvalue weighted by molar-refractivity contribution is -0.118. The molecule has 2 rings (SSSR count). The second kappa shape index (κ2) is 3.87. The van der Waals surface area contributed by atoms with Gasteiger partial charge in [-0.15, -0.1) is 0 Å². The summed E-state index contributed by atoms with van der Waals surface area (Å²) >= 11 is 0. The fraction of sp³-hybridized carbons (Fsp3) is 0.900. The second-order valence-electron chi connectivity index (χ2n) is 4.99. The number of nitrogens with two attached hydrogens (primary N) is 1. The van der Waals surface area contributed by atoms with Gasteiger partial charge in [-0.1, -0.05) is 0 Å². The number of aliphatic hydroxyl groups is 1. The zero-order chi connectivity index (χ0) is 11.9. The van der Waals surface area contributed by atoms with Crippen LogP contribution in [0.2, 0.25) is 0 Å². The Morgan fingerprint density at radius 1 is 1.50 bits per heavy atom. The SMILES string of the molecule is CC(C)(C)OC1[C@H]2OC(N)=N[C@@H]2O[C@@H]1CO. The van der Waals surface area contributed by atoms with E-state index in [-0.39, 0.29) is 30.4 Å². The number of aliphatic imine (C=N–C) groups is 1. The second-order valence-corrected chi connectivity index (χ2v) is 4.99. The standard InChI is InChI=1S/C10H18N2O4/c1-10(2,3)16-6-5(4-13)14-8-7(6)15-9(11)12-8/h5-8,13H,4H2,1-3H3,(H2,11,12)/t5-,6?,7-,8-/m1/s1. The maximum atomic E-state index is 9.21. The number of amidine groups is 1. The van der Waals surface area contributed by atoms with Gasteiger partial charge >= 0.3 is 0 Å². The van der Waals surface area contributed by atoms with E-state index in [2.05, 4.69) is 4.99 Å². The number of hydrogen-bond donors (Lipinski definition) is 2. The summed E-state index contributed by atoms with van der Waals surface area (Å²) in [6.07, 6.45) is -1.56. The number of ether oxygens (including phenoxy) is 3. The van der Waals surface area contributed by atoms with Crippen molar-refractivity contribution in [3.8, 4) is 0 Å². The summed E-state index contributed by atoms with van der Waals surface area (Å²) in [6.45, 7) is 5.70. The van der Waals surface area contributed by atoms with E-state index in [0.29, 0.717) is 0 Å². The lowest BCUT2D eigenvalue weighted by Crippen LogP contribution is -2.42. The Bertz CT molecular complexity index is 300. The van der Waals surface area contributed by atoms with Crippen molar-refractivity contribution in [2.45, 2.75) is 50.9 Å². The van der Waals surface area contributed by atoms with Crippen molar-refractivity contribution in [3.63, 3.8) is 0 Å². The molecule has 0 aromatic carbocycles. The fourth-order valence-electron chi connectivity index (χ4n) is 1.93. The van der Waals surface area contributed by atoms with Gasteiger partial charge in [-0.3, -0.25) is 0 Å². The average Bonchev–Trinajstić information content (AvgIpc) is 2.62. The summed E-state index contributed by atoms with van der Waals surface area (Å²) in [5.41, 5.74) is 5.13.